The average molecular weight is 338 g/mol. The summed E-state index contributed by atoms with van der Waals surface area (Å²) in [5, 5.41) is 5.32. The monoisotopic (exact) mass is 338 g/mol. The number of carbonyl (C=O) groups is 1. The number of halogens is 1. The molecule has 0 aliphatic carbocycles. The fourth-order valence-corrected chi connectivity index (χ4v) is 3.59. The number of anilines is 1. The second-order valence-corrected chi connectivity index (χ2v) is 6.38. The number of hydrogen-bond donors (Lipinski definition) is 1. The third-order valence-corrected chi connectivity index (χ3v) is 4.82. The molecular formula is C19H19FN4O. The standard InChI is InChI=1S/C19H19FN4O/c1-2-17-16(21)10-19(25)23(17)15-7-8-18-12(9-15)11-22-24(18)14-5-3-13(20)4-6-14/h3-9,11,16-17H,2,10,21H2,1H3. The van der Waals surface area contributed by atoms with Crippen molar-refractivity contribution in [2.45, 2.75) is 31.8 Å². The highest BCUT2D eigenvalue weighted by atomic mass is 19.1. The van der Waals surface area contributed by atoms with E-state index in [1.807, 2.05) is 25.1 Å². The van der Waals surface area contributed by atoms with Gasteiger partial charge in [0, 0.05) is 23.5 Å². The normalized spacial score (nSPS) is 20.6. The van der Waals surface area contributed by atoms with Gasteiger partial charge in [-0.15, -0.1) is 0 Å². The van der Waals surface area contributed by atoms with E-state index in [1.165, 1.54) is 12.1 Å². The minimum Gasteiger partial charge on any atom is -0.325 e. The molecule has 1 fully saturated rings. The smallest absolute Gasteiger partial charge is 0.228 e. The van der Waals surface area contributed by atoms with Gasteiger partial charge in [0.25, 0.3) is 0 Å². The molecule has 2 heterocycles. The van der Waals surface area contributed by atoms with E-state index >= 15 is 0 Å². The maximum Gasteiger partial charge on any atom is 0.228 e. The first kappa shape index (κ1) is 15.8. The Hall–Kier alpha value is -2.73. The van der Waals surface area contributed by atoms with Crippen molar-refractivity contribution in [2.75, 3.05) is 4.90 Å². The van der Waals surface area contributed by atoms with Crippen LogP contribution in [0.5, 0.6) is 0 Å². The van der Waals surface area contributed by atoms with Crippen LogP contribution in [-0.2, 0) is 4.79 Å². The van der Waals surface area contributed by atoms with Crippen LogP contribution in [0.25, 0.3) is 16.6 Å². The molecule has 0 spiro atoms. The molecule has 0 bridgehead atoms. The molecule has 128 valence electrons. The topological polar surface area (TPSA) is 64.2 Å². The molecule has 5 nitrogen and oxygen atoms in total. The van der Waals surface area contributed by atoms with Gasteiger partial charge < -0.3 is 10.6 Å². The Morgan fingerprint density at radius 2 is 1.92 bits per heavy atom. The van der Waals surface area contributed by atoms with Gasteiger partial charge in [-0.2, -0.15) is 5.10 Å². The Morgan fingerprint density at radius 3 is 2.64 bits per heavy atom. The Labute approximate surface area is 144 Å². The molecule has 1 aliphatic rings. The van der Waals surface area contributed by atoms with Crippen LogP contribution in [0.2, 0.25) is 0 Å². The van der Waals surface area contributed by atoms with Crippen molar-refractivity contribution < 1.29 is 9.18 Å². The van der Waals surface area contributed by atoms with Crippen molar-refractivity contribution >= 4 is 22.5 Å². The molecule has 2 atom stereocenters. The molecular weight excluding hydrogens is 319 g/mol. The van der Waals surface area contributed by atoms with Gasteiger partial charge in [-0.05, 0) is 48.9 Å². The molecule has 6 heteroatoms. The van der Waals surface area contributed by atoms with Crippen molar-refractivity contribution in [3.8, 4) is 5.69 Å². The molecule has 3 aromatic rings. The predicted molar refractivity (Wildman–Crippen MR) is 95.2 cm³/mol. The molecule has 0 radical (unpaired) electrons. The largest absolute Gasteiger partial charge is 0.325 e. The molecule has 2 aromatic carbocycles. The summed E-state index contributed by atoms with van der Waals surface area (Å²) in [6, 6.07) is 11.9. The summed E-state index contributed by atoms with van der Waals surface area (Å²) in [5.74, 6) is -0.221. The number of fused-ring (bicyclic) bond motifs is 1. The lowest BCUT2D eigenvalue weighted by Gasteiger charge is -2.26. The van der Waals surface area contributed by atoms with Crippen LogP contribution in [0.15, 0.2) is 48.7 Å². The maximum atomic E-state index is 13.1. The van der Waals surface area contributed by atoms with Crippen LogP contribution in [0.3, 0.4) is 0 Å². The zero-order chi connectivity index (χ0) is 17.6. The number of carbonyl (C=O) groups excluding carboxylic acids is 1. The van der Waals surface area contributed by atoms with Crippen molar-refractivity contribution in [3.05, 3.63) is 54.5 Å². The Bertz CT molecular complexity index is 934. The zero-order valence-corrected chi connectivity index (χ0v) is 13.9. The Morgan fingerprint density at radius 1 is 1.20 bits per heavy atom. The first-order valence-electron chi connectivity index (χ1n) is 8.40. The molecule has 2 N–H and O–H groups in total. The molecule has 4 rings (SSSR count). The highest BCUT2D eigenvalue weighted by molar-refractivity contribution is 5.99. The van der Waals surface area contributed by atoms with Gasteiger partial charge in [-0.1, -0.05) is 6.92 Å². The quantitative estimate of drug-likeness (QED) is 0.798. The number of rotatable bonds is 3. The molecule has 1 amide bonds. The lowest BCUT2D eigenvalue weighted by Crippen LogP contribution is -2.39. The fourth-order valence-electron chi connectivity index (χ4n) is 3.59. The number of aromatic nitrogens is 2. The number of benzene rings is 2. The van der Waals surface area contributed by atoms with Crippen LogP contribution in [0, 0.1) is 5.82 Å². The van der Waals surface area contributed by atoms with Crippen molar-refractivity contribution in [3.63, 3.8) is 0 Å². The summed E-state index contributed by atoms with van der Waals surface area (Å²) in [5.41, 5.74) is 8.64. The first-order valence-corrected chi connectivity index (χ1v) is 8.40. The molecule has 1 aromatic heterocycles. The van der Waals surface area contributed by atoms with Crippen LogP contribution in [0.1, 0.15) is 19.8 Å². The summed E-state index contributed by atoms with van der Waals surface area (Å²) in [7, 11) is 0. The van der Waals surface area contributed by atoms with E-state index in [-0.39, 0.29) is 23.8 Å². The van der Waals surface area contributed by atoms with E-state index in [9.17, 15) is 9.18 Å². The lowest BCUT2D eigenvalue weighted by molar-refractivity contribution is -0.117. The van der Waals surface area contributed by atoms with E-state index in [0.29, 0.717) is 6.42 Å². The van der Waals surface area contributed by atoms with E-state index in [0.717, 1.165) is 28.7 Å². The second kappa shape index (κ2) is 5.97. The SMILES string of the molecule is CCC1C(N)CC(=O)N1c1ccc2c(cnn2-c2ccc(F)cc2)c1. The average Bonchev–Trinajstić information content (AvgIpc) is 3.15. The number of hydrogen-bond acceptors (Lipinski definition) is 3. The third-order valence-electron chi connectivity index (χ3n) is 4.82. The van der Waals surface area contributed by atoms with Crippen molar-refractivity contribution in [1.82, 2.24) is 9.78 Å². The predicted octanol–water partition coefficient (Wildman–Crippen LogP) is 3.01. The van der Waals surface area contributed by atoms with Crippen molar-refractivity contribution in [1.29, 1.82) is 0 Å². The first-order chi connectivity index (χ1) is 12.1. The van der Waals surface area contributed by atoms with E-state index in [2.05, 4.69) is 5.10 Å². The number of nitrogens with two attached hydrogens (primary N) is 1. The van der Waals surface area contributed by atoms with E-state index in [4.69, 9.17) is 5.73 Å². The van der Waals surface area contributed by atoms with E-state index < -0.39 is 0 Å². The molecule has 2 unspecified atom stereocenters. The Balaban J connectivity index is 1.75. The molecule has 25 heavy (non-hydrogen) atoms. The molecule has 0 saturated carbocycles. The molecule has 1 saturated heterocycles. The summed E-state index contributed by atoms with van der Waals surface area (Å²) in [4.78, 5) is 14.1. The van der Waals surface area contributed by atoms with Gasteiger partial charge in [0.2, 0.25) is 5.91 Å². The third kappa shape index (κ3) is 2.59. The summed E-state index contributed by atoms with van der Waals surface area (Å²) in [6.45, 7) is 2.04. The van der Waals surface area contributed by atoms with Gasteiger partial charge in [0.15, 0.2) is 0 Å². The van der Waals surface area contributed by atoms with Gasteiger partial charge in [0.1, 0.15) is 5.82 Å². The maximum absolute atomic E-state index is 13.1. The number of amides is 1. The van der Waals surface area contributed by atoms with Crippen LogP contribution in [-0.4, -0.2) is 27.8 Å². The number of nitrogens with zero attached hydrogens (tertiary/aromatic N) is 3. The van der Waals surface area contributed by atoms with Gasteiger partial charge in [-0.3, -0.25) is 4.79 Å². The fraction of sp³-hybridized carbons (Fsp3) is 0.263. The summed E-state index contributed by atoms with van der Waals surface area (Å²) in [6.07, 6.45) is 2.95. The summed E-state index contributed by atoms with van der Waals surface area (Å²) >= 11 is 0. The minimum atomic E-state index is -0.281. The second-order valence-electron chi connectivity index (χ2n) is 6.38. The lowest BCUT2D eigenvalue weighted by atomic mass is 10.1. The van der Waals surface area contributed by atoms with Gasteiger partial charge in [-0.25, -0.2) is 9.07 Å². The summed E-state index contributed by atoms with van der Waals surface area (Å²) < 4.78 is 14.9. The van der Waals surface area contributed by atoms with Crippen molar-refractivity contribution in [2.24, 2.45) is 5.73 Å². The highest BCUT2D eigenvalue weighted by Crippen LogP contribution is 2.31. The van der Waals surface area contributed by atoms with Crippen LogP contribution < -0.4 is 10.6 Å². The Kier molecular flexibility index (Phi) is 3.77. The van der Waals surface area contributed by atoms with E-state index in [1.54, 1.807) is 27.9 Å². The highest BCUT2D eigenvalue weighted by Gasteiger charge is 2.37. The van der Waals surface area contributed by atoms with Gasteiger partial charge >= 0.3 is 0 Å². The minimum absolute atomic E-state index is 0.0251. The zero-order valence-electron chi connectivity index (χ0n) is 13.9. The van der Waals surface area contributed by atoms with Gasteiger partial charge in [0.05, 0.1) is 23.4 Å². The molecule has 1 aliphatic heterocycles. The van der Waals surface area contributed by atoms with Crippen LogP contribution >= 0.6 is 0 Å². The van der Waals surface area contributed by atoms with Crippen LogP contribution in [0.4, 0.5) is 10.1 Å².